The van der Waals surface area contributed by atoms with Crippen LogP contribution in [0, 0.1) is 18.6 Å². The van der Waals surface area contributed by atoms with Crippen LogP contribution in [0.5, 0.6) is 0 Å². The van der Waals surface area contributed by atoms with Crippen molar-refractivity contribution in [3.63, 3.8) is 0 Å². The zero-order chi connectivity index (χ0) is 14.7. The van der Waals surface area contributed by atoms with Gasteiger partial charge in [-0.05, 0) is 43.7 Å². The predicted molar refractivity (Wildman–Crippen MR) is 80.7 cm³/mol. The molecule has 0 amide bonds. The zero-order valence-electron chi connectivity index (χ0n) is 11.4. The Hall–Kier alpha value is -1.26. The van der Waals surface area contributed by atoms with E-state index in [1.54, 1.807) is 32.2 Å². The number of halogens is 3. The molecule has 0 aliphatic carbocycles. The van der Waals surface area contributed by atoms with Crippen molar-refractivity contribution in [1.29, 1.82) is 0 Å². The maximum absolute atomic E-state index is 14.2. The minimum atomic E-state index is -0.289. The van der Waals surface area contributed by atoms with Crippen LogP contribution in [0.1, 0.15) is 22.7 Å². The summed E-state index contributed by atoms with van der Waals surface area (Å²) in [5.41, 5.74) is 2.19. The quantitative estimate of drug-likeness (QED) is 0.862. The van der Waals surface area contributed by atoms with Crippen LogP contribution in [0.15, 0.2) is 40.9 Å². The third kappa shape index (κ3) is 3.25. The third-order valence-electron chi connectivity index (χ3n) is 3.38. The Balaban J connectivity index is 2.31. The summed E-state index contributed by atoms with van der Waals surface area (Å²) in [6.07, 6.45) is 0.581. The number of hydrogen-bond acceptors (Lipinski definition) is 1. The zero-order valence-corrected chi connectivity index (χ0v) is 13.0. The van der Waals surface area contributed by atoms with Crippen molar-refractivity contribution < 1.29 is 8.78 Å². The molecule has 2 aromatic carbocycles. The highest BCUT2D eigenvalue weighted by Gasteiger charge is 2.17. The summed E-state index contributed by atoms with van der Waals surface area (Å²) in [6, 6.07) is 9.78. The summed E-state index contributed by atoms with van der Waals surface area (Å²) in [6.45, 7) is 1.75. The van der Waals surface area contributed by atoms with Gasteiger partial charge in [0, 0.05) is 16.1 Å². The molecule has 1 N–H and O–H groups in total. The first-order chi connectivity index (χ1) is 9.52. The molecule has 0 spiro atoms. The van der Waals surface area contributed by atoms with Crippen molar-refractivity contribution in [2.24, 2.45) is 0 Å². The number of nitrogens with one attached hydrogen (secondary N) is 1. The van der Waals surface area contributed by atoms with Crippen LogP contribution < -0.4 is 5.32 Å². The Bertz CT molecular complexity index is 613. The molecule has 0 radical (unpaired) electrons. The van der Waals surface area contributed by atoms with E-state index in [-0.39, 0.29) is 17.7 Å². The van der Waals surface area contributed by atoms with Gasteiger partial charge in [-0.25, -0.2) is 8.78 Å². The summed E-state index contributed by atoms with van der Waals surface area (Å²) in [4.78, 5) is 0. The number of likely N-dealkylation sites (N-methyl/N-ethyl adjacent to an activating group) is 1. The summed E-state index contributed by atoms with van der Waals surface area (Å²) >= 11 is 3.35. The minimum absolute atomic E-state index is 0.156. The minimum Gasteiger partial charge on any atom is -0.313 e. The molecule has 1 nitrogen and oxygen atoms in total. The normalized spacial score (nSPS) is 12.4. The molecule has 0 fully saturated rings. The molecule has 4 heteroatoms. The Labute approximate surface area is 126 Å². The first-order valence-electron chi connectivity index (χ1n) is 6.39. The maximum atomic E-state index is 14.2. The molecule has 0 bridgehead atoms. The molecular weight excluding hydrogens is 324 g/mol. The van der Waals surface area contributed by atoms with Gasteiger partial charge in [0.15, 0.2) is 0 Å². The van der Waals surface area contributed by atoms with E-state index in [0.717, 1.165) is 5.56 Å². The highest BCUT2D eigenvalue weighted by atomic mass is 79.9. The van der Waals surface area contributed by atoms with Gasteiger partial charge in [0.25, 0.3) is 0 Å². The second-order valence-corrected chi connectivity index (χ2v) is 5.61. The van der Waals surface area contributed by atoms with Gasteiger partial charge in [0.05, 0.1) is 0 Å². The summed E-state index contributed by atoms with van der Waals surface area (Å²) in [7, 11) is 1.80. The molecule has 1 atom stereocenters. The Morgan fingerprint density at radius 2 is 1.95 bits per heavy atom. The van der Waals surface area contributed by atoms with E-state index in [1.807, 2.05) is 6.07 Å². The standard InChI is InChI=1S/C16H16BrF2N/c1-10-4-3-5-13(16(10)19)15(20-2)8-11-6-7-12(18)9-14(11)17/h3-7,9,15,20H,8H2,1-2H3. The Morgan fingerprint density at radius 3 is 2.60 bits per heavy atom. The van der Waals surface area contributed by atoms with Crippen LogP contribution in [0.4, 0.5) is 8.78 Å². The van der Waals surface area contributed by atoms with E-state index in [4.69, 9.17) is 0 Å². The number of rotatable bonds is 4. The largest absolute Gasteiger partial charge is 0.313 e. The topological polar surface area (TPSA) is 12.0 Å². The Kier molecular flexibility index (Phi) is 4.89. The lowest BCUT2D eigenvalue weighted by Gasteiger charge is -2.19. The molecule has 1 unspecified atom stereocenters. The smallest absolute Gasteiger partial charge is 0.130 e. The second kappa shape index (κ2) is 6.46. The lowest BCUT2D eigenvalue weighted by atomic mass is 9.97. The second-order valence-electron chi connectivity index (χ2n) is 4.76. The van der Waals surface area contributed by atoms with E-state index < -0.39 is 0 Å². The van der Waals surface area contributed by atoms with Crippen molar-refractivity contribution in [3.05, 3.63) is 69.2 Å². The van der Waals surface area contributed by atoms with Gasteiger partial charge in [0.2, 0.25) is 0 Å². The fraction of sp³-hybridized carbons (Fsp3) is 0.250. The van der Waals surface area contributed by atoms with Gasteiger partial charge in [-0.1, -0.05) is 40.2 Å². The van der Waals surface area contributed by atoms with Crippen LogP contribution in [-0.2, 0) is 6.42 Å². The fourth-order valence-corrected chi connectivity index (χ4v) is 2.73. The van der Waals surface area contributed by atoms with E-state index in [9.17, 15) is 8.78 Å². The molecule has 106 valence electrons. The maximum Gasteiger partial charge on any atom is 0.130 e. The van der Waals surface area contributed by atoms with Crippen molar-refractivity contribution in [2.75, 3.05) is 7.05 Å². The average molecular weight is 340 g/mol. The molecule has 0 heterocycles. The van der Waals surface area contributed by atoms with E-state index in [1.165, 1.54) is 12.1 Å². The Morgan fingerprint density at radius 1 is 1.20 bits per heavy atom. The van der Waals surface area contributed by atoms with Crippen LogP contribution >= 0.6 is 15.9 Å². The van der Waals surface area contributed by atoms with Gasteiger partial charge in [0.1, 0.15) is 11.6 Å². The number of hydrogen-bond donors (Lipinski definition) is 1. The monoisotopic (exact) mass is 339 g/mol. The van der Waals surface area contributed by atoms with Crippen LogP contribution in [-0.4, -0.2) is 7.05 Å². The van der Waals surface area contributed by atoms with Gasteiger partial charge in [-0.15, -0.1) is 0 Å². The average Bonchev–Trinajstić information content (AvgIpc) is 2.42. The van der Waals surface area contributed by atoms with Crippen LogP contribution in [0.25, 0.3) is 0 Å². The van der Waals surface area contributed by atoms with E-state index in [0.29, 0.717) is 22.0 Å². The van der Waals surface area contributed by atoms with Gasteiger partial charge < -0.3 is 5.32 Å². The molecule has 2 aromatic rings. The fourth-order valence-electron chi connectivity index (χ4n) is 2.21. The van der Waals surface area contributed by atoms with E-state index in [2.05, 4.69) is 21.2 Å². The van der Waals surface area contributed by atoms with Gasteiger partial charge in [-0.3, -0.25) is 0 Å². The summed E-state index contributed by atoms with van der Waals surface area (Å²) in [5.74, 6) is -0.478. The molecule has 0 aliphatic heterocycles. The van der Waals surface area contributed by atoms with Crippen molar-refractivity contribution in [1.82, 2.24) is 5.32 Å². The number of benzene rings is 2. The van der Waals surface area contributed by atoms with Crippen molar-refractivity contribution in [2.45, 2.75) is 19.4 Å². The highest BCUT2D eigenvalue weighted by Crippen LogP contribution is 2.26. The van der Waals surface area contributed by atoms with Crippen LogP contribution in [0.3, 0.4) is 0 Å². The third-order valence-corrected chi connectivity index (χ3v) is 4.12. The summed E-state index contributed by atoms with van der Waals surface area (Å²) < 4.78 is 28.0. The highest BCUT2D eigenvalue weighted by molar-refractivity contribution is 9.10. The molecule has 0 aliphatic rings. The lowest BCUT2D eigenvalue weighted by Crippen LogP contribution is -2.20. The molecule has 0 aromatic heterocycles. The van der Waals surface area contributed by atoms with E-state index >= 15 is 0 Å². The molecule has 0 saturated carbocycles. The molecule has 2 rings (SSSR count). The molecule has 20 heavy (non-hydrogen) atoms. The summed E-state index contributed by atoms with van der Waals surface area (Å²) in [5, 5.41) is 3.12. The van der Waals surface area contributed by atoms with Crippen molar-refractivity contribution >= 4 is 15.9 Å². The SMILES string of the molecule is CNC(Cc1ccc(F)cc1Br)c1cccc(C)c1F. The predicted octanol–water partition coefficient (Wildman–Crippen LogP) is 4.54. The van der Waals surface area contributed by atoms with Crippen molar-refractivity contribution in [3.8, 4) is 0 Å². The number of aryl methyl sites for hydroxylation is 1. The van der Waals surface area contributed by atoms with Crippen LogP contribution in [0.2, 0.25) is 0 Å². The first kappa shape index (κ1) is 15.1. The van der Waals surface area contributed by atoms with Gasteiger partial charge >= 0.3 is 0 Å². The molecular formula is C16H16BrF2N. The first-order valence-corrected chi connectivity index (χ1v) is 7.18. The lowest BCUT2D eigenvalue weighted by molar-refractivity contribution is 0.528. The van der Waals surface area contributed by atoms with Gasteiger partial charge in [-0.2, -0.15) is 0 Å². The molecule has 0 saturated heterocycles.